The van der Waals surface area contributed by atoms with Crippen molar-refractivity contribution in [2.24, 2.45) is 0 Å². The van der Waals surface area contributed by atoms with E-state index in [1.165, 1.54) is 6.42 Å². The van der Waals surface area contributed by atoms with E-state index < -0.39 is 0 Å². The van der Waals surface area contributed by atoms with Crippen molar-refractivity contribution >= 4 is 34.6 Å². The molecule has 0 aromatic heterocycles. The van der Waals surface area contributed by atoms with E-state index in [9.17, 15) is 0 Å². The Bertz CT molecular complexity index is 408. The summed E-state index contributed by atoms with van der Waals surface area (Å²) in [4.78, 5) is 2.13. The zero-order valence-electron chi connectivity index (χ0n) is 9.50. The molecule has 0 saturated heterocycles. The number of rotatable bonds is 4. The summed E-state index contributed by atoms with van der Waals surface area (Å²) in [6.07, 6.45) is 3.51. The van der Waals surface area contributed by atoms with E-state index in [2.05, 4.69) is 4.90 Å². The highest BCUT2D eigenvalue weighted by Gasteiger charge is 2.26. The predicted octanol–water partition coefficient (Wildman–Crippen LogP) is 2.93. The lowest BCUT2D eigenvalue weighted by Gasteiger charge is -2.39. The molecule has 1 saturated carbocycles. The molecule has 5 heteroatoms. The molecular weight excluding hydrogens is 259 g/mol. The number of aliphatic hydroxyl groups excluding tert-OH is 1. The van der Waals surface area contributed by atoms with Crippen molar-refractivity contribution in [1.29, 1.82) is 0 Å². The molecule has 94 valence electrons. The second-order valence-electron chi connectivity index (χ2n) is 4.33. The van der Waals surface area contributed by atoms with Crippen LogP contribution in [0.15, 0.2) is 12.1 Å². The fourth-order valence-corrected chi connectivity index (χ4v) is 2.44. The SMILES string of the molecule is Nc1cc(Cl)c(Cl)cc1N(CCO)C1CCC1. The molecule has 1 aliphatic carbocycles. The first-order valence-electron chi connectivity index (χ1n) is 5.75. The monoisotopic (exact) mass is 274 g/mol. The number of nitrogens with zero attached hydrogens (tertiary/aromatic N) is 1. The topological polar surface area (TPSA) is 49.5 Å². The number of hydrogen-bond acceptors (Lipinski definition) is 3. The van der Waals surface area contributed by atoms with Gasteiger partial charge < -0.3 is 15.7 Å². The van der Waals surface area contributed by atoms with E-state index in [1.54, 1.807) is 12.1 Å². The van der Waals surface area contributed by atoms with Gasteiger partial charge in [0.2, 0.25) is 0 Å². The van der Waals surface area contributed by atoms with Gasteiger partial charge in [0.05, 0.1) is 28.0 Å². The maximum atomic E-state index is 9.14. The van der Waals surface area contributed by atoms with Crippen LogP contribution in [0.25, 0.3) is 0 Å². The average molecular weight is 275 g/mol. The highest BCUT2D eigenvalue weighted by molar-refractivity contribution is 6.42. The van der Waals surface area contributed by atoms with E-state index >= 15 is 0 Å². The van der Waals surface area contributed by atoms with Gasteiger partial charge in [-0.3, -0.25) is 0 Å². The zero-order chi connectivity index (χ0) is 12.4. The van der Waals surface area contributed by atoms with E-state index in [0.29, 0.717) is 28.3 Å². The van der Waals surface area contributed by atoms with Crippen LogP contribution >= 0.6 is 23.2 Å². The van der Waals surface area contributed by atoms with Gasteiger partial charge in [-0.1, -0.05) is 23.2 Å². The van der Waals surface area contributed by atoms with Crippen LogP contribution in [0.3, 0.4) is 0 Å². The third-order valence-electron chi connectivity index (χ3n) is 3.24. The third-order valence-corrected chi connectivity index (χ3v) is 3.96. The molecule has 0 atom stereocenters. The third kappa shape index (κ3) is 2.62. The smallest absolute Gasteiger partial charge is 0.0619 e. The lowest BCUT2D eigenvalue weighted by Crippen LogP contribution is -2.42. The van der Waals surface area contributed by atoms with Crippen LogP contribution < -0.4 is 10.6 Å². The normalized spacial score (nSPS) is 15.7. The summed E-state index contributed by atoms with van der Waals surface area (Å²) in [5, 5.41) is 10.1. The Morgan fingerprint density at radius 2 is 1.94 bits per heavy atom. The first-order valence-corrected chi connectivity index (χ1v) is 6.51. The van der Waals surface area contributed by atoms with Crippen LogP contribution in [-0.4, -0.2) is 24.3 Å². The minimum Gasteiger partial charge on any atom is -0.397 e. The molecule has 3 N–H and O–H groups in total. The van der Waals surface area contributed by atoms with Crippen LogP contribution in [0.1, 0.15) is 19.3 Å². The van der Waals surface area contributed by atoms with Crippen molar-refractivity contribution in [3.63, 3.8) is 0 Å². The van der Waals surface area contributed by atoms with Gasteiger partial charge in [0.1, 0.15) is 0 Å². The van der Waals surface area contributed by atoms with Crippen molar-refractivity contribution < 1.29 is 5.11 Å². The lowest BCUT2D eigenvalue weighted by atomic mass is 9.91. The van der Waals surface area contributed by atoms with Gasteiger partial charge >= 0.3 is 0 Å². The fraction of sp³-hybridized carbons (Fsp3) is 0.500. The van der Waals surface area contributed by atoms with Crippen molar-refractivity contribution in [3.8, 4) is 0 Å². The van der Waals surface area contributed by atoms with Crippen LogP contribution in [0.4, 0.5) is 11.4 Å². The molecule has 1 aliphatic rings. The first kappa shape index (κ1) is 12.8. The van der Waals surface area contributed by atoms with Gasteiger partial charge in [0.25, 0.3) is 0 Å². The molecule has 1 aromatic carbocycles. The minimum atomic E-state index is 0.107. The molecule has 0 spiro atoms. The number of nitrogens with two attached hydrogens (primary N) is 1. The average Bonchev–Trinajstić information content (AvgIpc) is 2.20. The van der Waals surface area contributed by atoms with Gasteiger partial charge in [-0.15, -0.1) is 0 Å². The molecule has 0 heterocycles. The van der Waals surface area contributed by atoms with Crippen LogP contribution in [0.5, 0.6) is 0 Å². The largest absolute Gasteiger partial charge is 0.397 e. The Morgan fingerprint density at radius 3 is 2.47 bits per heavy atom. The number of benzene rings is 1. The highest BCUT2D eigenvalue weighted by atomic mass is 35.5. The van der Waals surface area contributed by atoms with Gasteiger partial charge in [-0.2, -0.15) is 0 Å². The van der Waals surface area contributed by atoms with Gasteiger partial charge in [0, 0.05) is 12.6 Å². The molecule has 0 bridgehead atoms. The second-order valence-corrected chi connectivity index (χ2v) is 5.14. The Balaban J connectivity index is 2.31. The Morgan fingerprint density at radius 1 is 1.29 bits per heavy atom. The first-order chi connectivity index (χ1) is 8.13. The number of hydrogen-bond donors (Lipinski definition) is 2. The number of nitrogen functional groups attached to an aromatic ring is 1. The summed E-state index contributed by atoms with van der Waals surface area (Å²) in [7, 11) is 0. The second kappa shape index (κ2) is 5.34. The van der Waals surface area contributed by atoms with E-state index in [-0.39, 0.29) is 6.61 Å². The van der Waals surface area contributed by atoms with Crippen LogP contribution in [-0.2, 0) is 0 Å². The summed E-state index contributed by atoms with van der Waals surface area (Å²) >= 11 is 11.9. The molecule has 0 amide bonds. The van der Waals surface area contributed by atoms with Gasteiger partial charge in [-0.05, 0) is 31.4 Å². The molecule has 0 radical (unpaired) electrons. The predicted molar refractivity (Wildman–Crippen MR) is 72.9 cm³/mol. The molecular formula is C12H16Cl2N2O. The molecule has 17 heavy (non-hydrogen) atoms. The maximum absolute atomic E-state index is 9.14. The van der Waals surface area contributed by atoms with Crippen molar-refractivity contribution in [2.75, 3.05) is 23.8 Å². The standard InChI is InChI=1S/C12H16Cl2N2O/c13-9-6-11(15)12(7-10(9)14)16(4-5-17)8-2-1-3-8/h6-8,17H,1-5,15H2. The summed E-state index contributed by atoms with van der Waals surface area (Å²) in [5.74, 6) is 0. The van der Waals surface area contributed by atoms with Crippen molar-refractivity contribution in [2.45, 2.75) is 25.3 Å². The molecule has 0 aliphatic heterocycles. The lowest BCUT2D eigenvalue weighted by molar-refractivity contribution is 0.284. The van der Waals surface area contributed by atoms with Gasteiger partial charge in [0.15, 0.2) is 0 Å². The van der Waals surface area contributed by atoms with Crippen LogP contribution in [0.2, 0.25) is 10.0 Å². The van der Waals surface area contributed by atoms with Crippen molar-refractivity contribution in [3.05, 3.63) is 22.2 Å². The van der Waals surface area contributed by atoms with E-state index in [0.717, 1.165) is 18.5 Å². The molecule has 3 nitrogen and oxygen atoms in total. The quantitative estimate of drug-likeness (QED) is 0.831. The molecule has 1 aromatic rings. The highest BCUT2D eigenvalue weighted by Crippen LogP contribution is 2.37. The minimum absolute atomic E-state index is 0.107. The van der Waals surface area contributed by atoms with Gasteiger partial charge in [-0.25, -0.2) is 0 Å². The fourth-order valence-electron chi connectivity index (χ4n) is 2.11. The maximum Gasteiger partial charge on any atom is 0.0619 e. The van der Waals surface area contributed by atoms with Crippen LogP contribution in [0, 0.1) is 0 Å². The summed E-state index contributed by atoms with van der Waals surface area (Å²) in [6.45, 7) is 0.684. The number of halogens is 2. The Labute approximate surface area is 111 Å². The summed E-state index contributed by atoms with van der Waals surface area (Å²) < 4.78 is 0. The molecule has 2 rings (SSSR count). The summed E-state index contributed by atoms with van der Waals surface area (Å²) in [5.41, 5.74) is 7.46. The van der Waals surface area contributed by atoms with E-state index in [1.807, 2.05) is 0 Å². The molecule has 0 unspecified atom stereocenters. The number of anilines is 2. The molecule has 1 fully saturated rings. The zero-order valence-corrected chi connectivity index (χ0v) is 11.0. The summed E-state index contributed by atoms with van der Waals surface area (Å²) in [6, 6.07) is 3.91. The Kier molecular flexibility index (Phi) is 4.02. The Hall–Kier alpha value is -0.640. The number of aliphatic hydroxyl groups is 1. The van der Waals surface area contributed by atoms with E-state index in [4.69, 9.17) is 34.0 Å². The van der Waals surface area contributed by atoms with Crippen molar-refractivity contribution in [1.82, 2.24) is 0 Å².